The first kappa shape index (κ1) is 15.5. The fourth-order valence-corrected chi connectivity index (χ4v) is 2.54. The summed E-state index contributed by atoms with van der Waals surface area (Å²) in [5.74, 6) is 0.677. The van der Waals surface area contributed by atoms with Crippen LogP contribution in [0.15, 0.2) is 23.4 Å². The zero-order valence-electron chi connectivity index (χ0n) is 12.2. The molecule has 0 fully saturated rings. The first-order chi connectivity index (χ1) is 8.54. The van der Waals surface area contributed by atoms with Crippen LogP contribution in [0.4, 0.5) is 0 Å². The summed E-state index contributed by atoms with van der Waals surface area (Å²) in [5, 5.41) is 5.26. The number of hydrogen-bond donors (Lipinski definition) is 1. The van der Waals surface area contributed by atoms with E-state index in [1.165, 1.54) is 12.0 Å². The Hall–Kier alpha value is -0.540. The van der Waals surface area contributed by atoms with E-state index in [-0.39, 0.29) is 0 Å². The molecule has 0 aromatic carbocycles. The van der Waals surface area contributed by atoms with Crippen LogP contribution in [0.25, 0.3) is 0 Å². The van der Waals surface area contributed by atoms with Crippen molar-refractivity contribution >= 4 is 11.8 Å². The highest BCUT2D eigenvalue weighted by atomic mass is 32.2. The van der Waals surface area contributed by atoms with E-state index in [2.05, 4.69) is 57.1 Å². The molecule has 0 aliphatic carbocycles. The minimum Gasteiger partial charge on any atom is -0.310 e. The van der Waals surface area contributed by atoms with Gasteiger partial charge >= 0.3 is 0 Å². The molecule has 0 saturated carbocycles. The van der Waals surface area contributed by atoms with Crippen molar-refractivity contribution in [2.24, 2.45) is 5.92 Å². The number of rotatable bonds is 7. The summed E-state index contributed by atoms with van der Waals surface area (Å²) in [6.07, 6.45) is 3.09. The van der Waals surface area contributed by atoms with E-state index in [4.69, 9.17) is 0 Å². The topological polar surface area (TPSA) is 24.9 Å². The van der Waals surface area contributed by atoms with Crippen LogP contribution >= 0.6 is 11.8 Å². The van der Waals surface area contributed by atoms with Gasteiger partial charge in [-0.25, -0.2) is 4.98 Å². The largest absolute Gasteiger partial charge is 0.310 e. The minimum absolute atomic E-state index is 0.404. The third-order valence-corrected chi connectivity index (χ3v) is 4.59. The fraction of sp³-hybridized carbons (Fsp3) is 0.667. The molecule has 0 saturated heterocycles. The highest BCUT2D eigenvalue weighted by Gasteiger charge is 2.11. The SMILES string of the molecule is CCCNC(C)c1ccnc(SC(C)C(C)C)c1. The van der Waals surface area contributed by atoms with Crippen molar-refractivity contribution in [3.05, 3.63) is 23.9 Å². The molecule has 1 rings (SSSR count). The first-order valence-corrected chi connectivity index (χ1v) is 7.78. The lowest BCUT2D eigenvalue weighted by Crippen LogP contribution is -2.19. The second kappa shape index (κ2) is 7.80. The van der Waals surface area contributed by atoms with Gasteiger partial charge in [-0.2, -0.15) is 0 Å². The third kappa shape index (κ3) is 4.99. The van der Waals surface area contributed by atoms with Crippen molar-refractivity contribution in [2.45, 2.75) is 57.4 Å². The Labute approximate surface area is 116 Å². The van der Waals surface area contributed by atoms with E-state index in [0.717, 1.165) is 11.6 Å². The summed E-state index contributed by atoms with van der Waals surface area (Å²) in [6.45, 7) is 12.2. The van der Waals surface area contributed by atoms with Crippen LogP contribution in [-0.4, -0.2) is 16.8 Å². The molecule has 0 aliphatic rings. The lowest BCUT2D eigenvalue weighted by molar-refractivity contribution is 0.569. The predicted octanol–water partition coefficient (Wildman–Crippen LogP) is 4.28. The molecule has 0 aliphatic heterocycles. The fourth-order valence-electron chi connectivity index (χ4n) is 1.56. The van der Waals surface area contributed by atoms with Gasteiger partial charge in [-0.1, -0.05) is 27.7 Å². The van der Waals surface area contributed by atoms with Crippen LogP contribution in [-0.2, 0) is 0 Å². The lowest BCUT2D eigenvalue weighted by atomic mass is 10.1. The van der Waals surface area contributed by atoms with Crippen LogP contribution in [0.2, 0.25) is 0 Å². The Morgan fingerprint density at radius 3 is 2.61 bits per heavy atom. The number of pyridine rings is 1. The average Bonchev–Trinajstić information content (AvgIpc) is 2.36. The van der Waals surface area contributed by atoms with Gasteiger partial charge < -0.3 is 5.32 Å². The van der Waals surface area contributed by atoms with Crippen molar-refractivity contribution < 1.29 is 0 Å². The zero-order chi connectivity index (χ0) is 13.5. The molecule has 0 bridgehead atoms. The molecule has 2 unspecified atom stereocenters. The van der Waals surface area contributed by atoms with Gasteiger partial charge in [0.15, 0.2) is 0 Å². The van der Waals surface area contributed by atoms with Gasteiger partial charge in [0.25, 0.3) is 0 Å². The third-order valence-electron chi connectivity index (χ3n) is 3.20. The minimum atomic E-state index is 0.404. The summed E-state index contributed by atoms with van der Waals surface area (Å²) >= 11 is 1.87. The van der Waals surface area contributed by atoms with Crippen LogP contribution < -0.4 is 5.32 Å². The van der Waals surface area contributed by atoms with E-state index in [9.17, 15) is 0 Å². The molecule has 18 heavy (non-hydrogen) atoms. The molecule has 102 valence electrons. The van der Waals surface area contributed by atoms with Gasteiger partial charge in [-0.05, 0) is 43.5 Å². The molecule has 0 spiro atoms. The van der Waals surface area contributed by atoms with Crippen LogP contribution in [0.3, 0.4) is 0 Å². The maximum Gasteiger partial charge on any atom is 0.0965 e. The number of hydrogen-bond acceptors (Lipinski definition) is 3. The van der Waals surface area contributed by atoms with Gasteiger partial charge in [0, 0.05) is 17.5 Å². The monoisotopic (exact) mass is 266 g/mol. The van der Waals surface area contributed by atoms with Crippen molar-refractivity contribution in [1.82, 2.24) is 10.3 Å². The Morgan fingerprint density at radius 1 is 1.28 bits per heavy atom. The quantitative estimate of drug-likeness (QED) is 0.746. The summed E-state index contributed by atoms with van der Waals surface area (Å²) < 4.78 is 0. The van der Waals surface area contributed by atoms with E-state index in [1.807, 2.05) is 18.0 Å². The Morgan fingerprint density at radius 2 is 2.00 bits per heavy atom. The van der Waals surface area contributed by atoms with E-state index < -0.39 is 0 Å². The Balaban J connectivity index is 2.67. The van der Waals surface area contributed by atoms with Crippen LogP contribution in [0, 0.1) is 5.92 Å². The molecule has 3 heteroatoms. The Kier molecular flexibility index (Phi) is 6.72. The van der Waals surface area contributed by atoms with Crippen LogP contribution in [0.1, 0.15) is 52.6 Å². The van der Waals surface area contributed by atoms with Crippen molar-refractivity contribution in [3.8, 4) is 0 Å². The standard InChI is InChI=1S/C15H26N2S/c1-6-8-16-12(4)14-7-9-17-15(10-14)18-13(5)11(2)3/h7,9-13,16H,6,8H2,1-5H3. The smallest absolute Gasteiger partial charge is 0.0965 e. The summed E-state index contributed by atoms with van der Waals surface area (Å²) in [7, 11) is 0. The molecule has 2 nitrogen and oxygen atoms in total. The average molecular weight is 266 g/mol. The maximum absolute atomic E-state index is 4.46. The first-order valence-electron chi connectivity index (χ1n) is 6.90. The van der Waals surface area contributed by atoms with E-state index in [1.54, 1.807) is 0 Å². The van der Waals surface area contributed by atoms with Gasteiger partial charge in [0.05, 0.1) is 5.03 Å². The van der Waals surface area contributed by atoms with Crippen molar-refractivity contribution in [3.63, 3.8) is 0 Å². The van der Waals surface area contributed by atoms with Crippen LogP contribution in [0.5, 0.6) is 0 Å². The summed E-state index contributed by atoms with van der Waals surface area (Å²) in [5.41, 5.74) is 1.33. The number of nitrogens with one attached hydrogen (secondary N) is 1. The van der Waals surface area contributed by atoms with Gasteiger partial charge in [-0.3, -0.25) is 0 Å². The molecule has 1 aromatic heterocycles. The molecule has 0 amide bonds. The number of thioether (sulfide) groups is 1. The summed E-state index contributed by atoms with van der Waals surface area (Å²) in [6, 6.07) is 4.73. The van der Waals surface area contributed by atoms with Crippen molar-refractivity contribution in [1.29, 1.82) is 0 Å². The zero-order valence-corrected chi connectivity index (χ0v) is 13.1. The second-order valence-electron chi connectivity index (χ2n) is 5.17. The molecule has 2 atom stereocenters. The molecule has 1 heterocycles. The second-order valence-corrected chi connectivity index (χ2v) is 6.57. The van der Waals surface area contributed by atoms with E-state index in [0.29, 0.717) is 17.2 Å². The maximum atomic E-state index is 4.46. The highest BCUT2D eigenvalue weighted by Crippen LogP contribution is 2.27. The Bertz CT molecular complexity index is 352. The molecule has 1 N–H and O–H groups in total. The normalized spacial score (nSPS) is 14.8. The molecule has 0 radical (unpaired) electrons. The summed E-state index contributed by atoms with van der Waals surface area (Å²) in [4.78, 5) is 4.46. The number of aromatic nitrogens is 1. The van der Waals surface area contributed by atoms with Gasteiger partial charge in [0.2, 0.25) is 0 Å². The van der Waals surface area contributed by atoms with Gasteiger partial charge in [0.1, 0.15) is 0 Å². The molecular formula is C15H26N2S. The predicted molar refractivity (Wildman–Crippen MR) is 81.1 cm³/mol. The lowest BCUT2D eigenvalue weighted by Gasteiger charge is -2.17. The number of nitrogens with zero attached hydrogens (tertiary/aromatic N) is 1. The highest BCUT2D eigenvalue weighted by molar-refractivity contribution is 7.99. The van der Waals surface area contributed by atoms with E-state index >= 15 is 0 Å². The van der Waals surface area contributed by atoms with Gasteiger partial charge in [-0.15, -0.1) is 11.8 Å². The van der Waals surface area contributed by atoms with Crippen molar-refractivity contribution in [2.75, 3.05) is 6.54 Å². The molecular weight excluding hydrogens is 240 g/mol. The molecule has 1 aromatic rings.